The SMILES string of the molecule is O=COCCC(=O)OCCOCOc1ccc(C(=O)CCOCOCCC(=O)O)cc1. The summed E-state index contributed by atoms with van der Waals surface area (Å²) < 4.78 is 29.9. The predicted molar refractivity (Wildman–Crippen MR) is 103 cm³/mol. The van der Waals surface area contributed by atoms with Crippen molar-refractivity contribution in [3.63, 3.8) is 0 Å². The van der Waals surface area contributed by atoms with Crippen LogP contribution in [0.4, 0.5) is 0 Å². The van der Waals surface area contributed by atoms with Gasteiger partial charge in [-0.3, -0.25) is 19.2 Å². The Labute approximate surface area is 179 Å². The van der Waals surface area contributed by atoms with Crippen molar-refractivity contribution in [3.8, 4) is 5.75 Å². The zero-order valence-corrected chi connectivity index (χ0v) is 17.0. The Balaban J connectivity index is 2.10. The van der Waals surface area contributed by atoms with Gasteiger partial charge in [0.2, 0.25) is 0 Å². The van der Waals surface area contributed by atoms with Crippen molar-refractivity contribution in [1.29, 1.82) is 0 Å². The molecule has 0 radical (unpaired) electrons. The van der Waals surface area contributed by atoms with Crippen molar-refractivity contribution in [3.05, 3.63) is 29.8 Å². The van der Waals surface area contributed by atoms with E-state index in [-0.39, 0.29) is 78.1 Å². The van der Waals surface area contributed by atoms with Crippen LogP contribution >= 0.6 is 0 Å². The second kappa shape index (κ2) is 16.7. The molecule has 0 bridgehead atoms. The maximum Gasteiger partial charge on any atom is 0.309 e. The van der Waals surface area contributed by atoms with E-state index in [1.54, 1.807) is 24.3 Å². The van der Waals surface area contributed by atoms with E-state index in [1.165, 1.54) is 0 Å². The molecule has 172 valence electrons. The standard InChI is InChI=1S/C20H26O11/c21-13-26-10-7-20(25)30-12-11-29-15-31-17-3-1-16(2-4-17)18(22)5-8-27-14-28-9-6-19(23)24/h1-4,13H,5-12,14-15H2,(H,23,24). The van der Waals surface area contributed by atoms with Crippen LogP contribution in [0.2, 0.25) is 0 Å². The maximum atomic E-state index is 12.1. The van der Waals surface area contributed by atoms with Gasteiger partial charge in [0, 0.05) is 12.0 Å². The van der Waals surface area contributed by atoms with Crippen LogP contribution in [0.5, 0.6) is 5.75 Å². The molecule has 0 saturated carbocycles. The van der Waals surface area contributed by atoms with Crippen LogP contribution in [-0.4, -0.2) is 75.9 Å². The number of esters is 1. The Morgan fingerprint density at radius 1 is 0.806 bits per heavy atom. The van der Waals surface area contributed by atoms with Crippen molar-refractivity contribution < 1.29 is 52.7 Å². The molecule has 0 spiro atoms. The second-order valence-corrected chi connectivity index (χ2v) is 5.88. The predicted octanol–water partition coefficient (Wildman–Crippen LogP) is 1.18. The first-order valence-electron chi connectivity index (χ1n) is 9.45. The molecule has 1 rings (SSSR count). The van der Waals surface area contributed by atoms with Crippen LogP contribution in [0.3, 0.4) is 0 Å². The summed E-state index contributed by atoms with van der Waals surface area (Å²) in [5.74, 6) is -1.06. The largest absolute Gasteiger partial charge is 0.481 e. The molecular formula is C20H26O11. The summed E-state index contributed by atoms with van der Waals surface area (Å²) in [7, 11) is 0. The molecule has 1 N–H and O–H groups in total. The summed E-state index contributed by atoms with van der Waals surface area (Å²) in [4.78, 5) is 43.6. The molecule has 0 aliphatic carbocycles. The minimum Gasteiger partial charge on any atom is -0.481 e. The third kappa shape index (κ3) is 13.8. The lowest BCUT2D eigenvalue weighted by Crippen LogP contribution is -2.14. The van der Waals surface area contributed by atoms with E-state index < -0.39 is 11.9 Å². The number of ether oxygens (including phenoxy) is 6. The van der Waals surface area contributed by atoms with E-state index >= 15 is 0 Å². The summed E-state index contributed by atoms with van der Waals surface area (Å²) >= 11 is 0. The fraction of sp³-hybridized carbons (Fsp3) is 0.500. The van der Waals surface area contributed by atoms with E-state index in [1.807, 2.05) is 0 Å². The fourth-order valence-corrected chi connectivity index (χ4v) is 2.03. The lowest BCUT2D eigenvalue weighted by molar-refractivity contribution is -0.148. The van der Waals surface area contributed by atoms with E-state index in [2.05, 4.69) is 4.74 Å². The maximum absolute atomic E-state index is 12.1. The highest BCUT2D eigenvalue weighted by molar-refractivity contribution is 5.96. The van der Waals surface area contributed by atoms with Gasteiger partial charge in [0.1, 0.15) is 25.8 Å². The second-order valence-electron chi connectivity index (χ2n) is 5.88. The lowest BCUT2D eigenvalue weighted by atomic mass is 10.1. The number of hydrogen-bond donors (Lipinski definition) is 1. The Morgan fingerprint density at radius 3 is 2.16 bits per heavy atom. The number of aliphatic carboxylic acids is 1. The highest BCUT2D eigenvalue weighted by Crippen LogP contribution is 2.13. The molecule has 1 aromatic carbocycles. The summed E-state index contributed by atoms with van der Waals surface area (Å²) in [5.41, 5.74) is 0.495. The van der Waals surface area contributed by atoms with Gasteiger partial charge in [0.05, 0.1) is 32.7 Å². The number of rotatable bonds is 19. The number of carbonyl (C=O) groups excluding carboxylic acids is 3. The molecule has 0 saturated heterocycles. The molecule has 0 aliphatic rings. The number of Topliss-reactive ketones (excluding diaryl/α,β-unsaturated/α-hetero) is 1. The van der Waals surface area contributed by atoms with E-state index in [0.717, 1.165) is 0 Å². The van der Waals surface area contributed by atoms with E-state index in [4.69, 9.17) is 28.8 Å². The highest BCUT2D eigenvalue weighted by Gasteiger charge is 2.07. The molecule has 0 atom stereocenters. The summed E-state index contributed by atoms with van der Waals surface area (Å²) in [5, 5.41) is 8.46. The van der Waals surface area contributed by atoms with Gasteiger partial charge >= 0.3 is 11.9 Å². The minimum atomic E-state index is -0.950. The monoisotopic (exact) mass is 442 g/mol. The molecule has 11 nitrogen and oxygen atoms in total. The Kier molecular flexibility index (Phi) is 14.1. The molecule has 11 heteroatoms. The number of hydrogen-bond acceptors (Lipinski definition) is 10. The average molecular weight is 442 g/mol. The van der Waals surface area contributed by atoms with Crippen LogP contribution in [0, 0.1) is 0 Å². The normalized spacial score (nSPS) is 10.3. The van der Waals surface area contributed by atoms with Gasteiger partial charge < -0.3 is 33.5 Å². The summed E-state index contributed by atoms with van der Waals surface area (Å²) in [6.45, 7) is 0.497. The van der Waals surface area contributed by atoms with Gasteiger partial charge in [0.25, 0.3) is 6.47 Å². The van der Waals surface area contributed by atoms with E-state index in [0.29, 0.717) is 11.3 Å². The van der Waals surface area contributed by atoms with Crippen molar-refractivity contribution in [2.45, 2.75) is 19.3 Å². The zero-order chi connectivity index (χ0) is 22.7. The van der Waals surface area contributed by atoms with Crippen LogP contribution < -0.4 is 4.74 Å². The van der Waals surface area contributed by atoms with Crippen molar-refractivity contribution in [2.75, 3.05) is 46.6 Å². The van der Waals surface area contributed by atoms with Gasteiger partial charge in [-0.15, -0.1) is 0 Å². The van der Waals surface area contributed by atoms with Crippen LogP contribution in [-0.2, 0) is 38.1 Å². The lowest BCUT2D eigenvalue weighted by Gasteiger charge is -2.09. The molecule has 0 unspecified atom stereocenters. The number of ketones is 1. The first kappa shape index (κ1) is 26.0. The number of benzene rings is 1. The number of carboxylic acid groups (broad SMARTS) is 1. The van der Waals surface area contributed by atoms with E-state index in [9.17, 15) is 19.2 Å². The molecule has 0 heterocycles. The summed E-state index contributed by atoms with van der Waals surface area (Å²) in [6.07, 6.45) is 0.0348. The third-order valence-electron chi connectivity index (χ3n) is 3.57. The highest BCUT2D eigenvalue weighted by atomic mass is 16.7. The number of carboxylic acids is 1. The molecule has 31 heavy (non-hydrogen) atoms. The Hall–Kier alpha value is -3.02. The molecule has 0 aromatic heterocycles. The zero-order valence-electron chi connectivity index (χ0n) is 17.0. The Morgan fingerprint density at radius 2 is 1.48 bits per heavy atom. The molecule has 0 amide bonds. The topological polar surface area (TPSA) is 144 Å². The number of carbonyl (C=O) groups is 4. The molecule has 0 aliphatic heterocycles. The van der Waals surface area contributed by atoms with Crippen LogP contribution in [0.1, 0.15) is 29.6 Å². The van der Waals surface area contributed by atoms with Gasteiger partial charge in [-0.25, -0.2) is 0 Å². The first-order chi connectivity index (χ1) is 15.0. The van der Waals surface area contributed by atoms with Crippen molar-refractivity contribution >= 4 is 24.2 Å². The van der Waals surface area contributed by atoms with Gasteiger partial charge in [-0.2, -0.15) is 0 Å². The van der Waals surface area contributed by atoms with Crippen molar-refractivity contribution in [2.24, 2.45) is 0 Å². The summed E-state index contributed by atoms with van der Waals surface area (Å²) in [6, 6.07) is 6.48. The minimum absolute atomic E-state index is 0.0208. The van der Waals surface area contributed by atoms with Gasteiger partial charge in [-0.1, -0.05) is 0 Å². The third-order valence-corrected chi connectivity index (χ3v) is 3.57. The molecule has 0 fully saturated rings. The molecule has 1 aromatic rings. The van der Waals surface area contributed by atoms with Crippen LogP contribution in [0.25, 0.3) is 0 Å². The molecular weight excluding hydrogens is 416 g/mol. The van der Waals surface area contributed by atoms with Gasteiger partial charge in [0.15, 0.2) is 12.6 Å². The fourth-order valence-electron chi connectivity index (χ4n) is 2.03. The van der Waals surface area contributed by atoms with Crippen molar-refractivity contribution in [1.82, 2.24) is 0 Å². The quantitative estimate of drug-likeness (QED) is 0.108. The van der Waals surface area contributed by atoms with Crippen LogP contribution in [0.15, 0.2) is 24.3 Å². The average Bonchev–Trinajstić information content (AvgIpc) is 2.75. The first-order valence-corrected chi connectivity index (χ1v) is 9.45. The smallest absolute Gasteiger partial charge is 0.309 e. The van der Waals surface area contributed by atoms with Gasteiger partial charge in [-0.05, 0) is 24.3 Å². The Bertz CT molecular complexity index is 672.